The van der Waals surface area contributed by atoms with Crippen molar-refractivity contribution in [1.29, 1.82) is 5.26 Å². The van der Waals surface area contributed by atoms with E-state index in [1.54, 1.807) is 19.4 Å². The Morgan fingerprint density at radius 3 is 2.68 bits per heavy atom. The number of benzene rings is 1. The molecule has 0 aliphatic carbocycles. The van der Waals surface area contributed by atoms with Crippen LogP contribution >= 0.6 is 0 Å². The monoisotopic (exact) mass is 281 g/mol. The summed E-state index contributed by atoms with van der Waals surface area (Å²) >= 11 is 0. The molecule has 0 bridgehead atoms. The quantitative estimate of drug-likeness (QED) is 0.605. The summed E-state index contributed by atoms with van der Waals surface area (Å²) in [5, 5.41) is 19.7. The zero-order valence-corrected chi connectivity index (χ0v) is 11.8. The van der Waals surface area contributed by atoms with Gasteiger partial charge in [0.05, 0.1) is 4.92 Å². The van der Waals surface area contributed by atoms with Gasteiger partial charge in [-0.3, -0.25) is 14.3 Å². The minimum atomic E-state index is -0.924. The van der Waals surface area contributed by atoms with Crippen molar-refractivity contribution in [2.75, 3.05) is 24.0 Å². The van der Waals surface area contributed by atoms with Gasteiger partial charge < -0.3 is 4.90 Å². The van der Waals surface area contributed by atoms with Gasteiger partial charge in [0.25, 0.3) is 5.69 Å². The molecule has 0 spiro atoms. The Kier molecular flexibility index (Phi) is 5.01. The van der Waals surface area contributed by atoms with Crippen molar-refractivity contribution in [1.82, 2.24) is 0 Å². The molecule has 0 aliphatic rings. The number of anilines is 1. The summed E-state index contributed by atoms with van der Waals surface area (Å²) < 4.78 is 11.2. The summed E-state index contributed by atoms with van der Waals surface area (Å²) in [4.78, 5) is 12.0. The minimum Gasteiger partial charge on any atom is -0.371 e. The van der Waals surface area contributed by atoms with Crippen LogP contribution in [0.5, 0.6) is 0 Å². The average Bonchev–Trinajstić information content (AvgIpc) is 2.36. The Labute approximate surface area is 114 Å². The summed E-state index contributed by atoms with van der Waals surface area (Å²) in [6.07, 6.45) is 1.63. The van der Waals surface area contributed by atoms with Crippen molar-refractivity contribution in [2.45, 2.75) is 13.0 Å². The van der Waals surface area contributed by atoms with Crippen LogP contribution in [0.15, 0.2) is 18.2 Å². The van der Waals surface area contributed by atoms with Gasteiger partial charge in [-0.15, -0.1) is 0 Å². The van der Waals surface area contributed by atoms with Crippen LogP contribution in [0.4, 0.5) is 11.4 Å². The van der Waals surface area contributed by atoms with Gasteiger partial charge in [0, 0.05) is 47.7 Å². The SMILES string of the molecule is C[C@@H](C[S@](C)=O)N(C)c1ccc([N+](=O)[O-])c(C#N)c1. The van der Waals surface area contributed by atoms with Gasteiger partial charge in [0.1, 0.15) is 11.6 Å². The third kappa shape index (κ3) is 3.76. The number of nitriles is 1. The molecule has 0 saturated carbocycles. The van der Waals surface area contributed by atoms with E-state index in [1.165, 1.54) is 12.1 Å². The second-order valence-corrected chi connectivity index (χ2v) is 5.75. The number of hydrogen-bond acceptors (Lipinski definition) is 5. The molecule has 2 atom stereocenters. The first-order valence-corrected chi connectivity index (χ1v) is 7.31. The third-order valence-electron chi connectivity index (χ3n) is 2.84. The van der Waals surface area contributed by atoms with E-state index in [9.17, 15) is 14.3 Å². The number of nitro benzene ring substituents is 1. The van der Waals surface area contributed by atoms with E-state index in [0.717, 1.165) is 0 Å². The Bertz CT molecular complexity index is 554. The maximum atomic E-state index is 11.2. The van der Waals surface area contributed by atoms with E-state index < -0.39 is 15.7 Å². The molecule has 0 unspecified atom stereocenters. The summed E-state index contributed by atoms with van der Waals surface area (Å²) in [5.74, 6) is 0.495. The van der Waals surface area contributed by atoms with Crippen LogP contribution in [-0.4, -0.2) is 34.2 Å². The molecule has 102 valence electrons. The van der Waals surface area contributed by atoms with Crippen LogP contribution in [0.3, 0.4) is 0 Å². The lowest BCUT2D eigenvalue weighted by molar-refractivity contribution is -0.385. The molecular formula is C12H15N3O3S. The summed E-state index contributed by atoms with van der Waals surface area (Å²) in [7, 11) is 0.882. The molecule has 0 aromatic heterocycles. The Morgan fingerprint density at radius 2 is 2.21 bits per heavy atom. The van der Waals surface area contributed by atoms with Gasteiger partial charge >= 0.3 is 0 Å². The van der Waals surface area contributed by atoms with Crippen molar-refractivity contribution in [2.24, 2.45) is 0 Å². The average molecular weight is 281 g/mol. The lowest BCUT2D eigenvalue weighted by atomic mass is 10.1. The number of nitro groups is 1. The van der Waals surface area contributed by atoms with Crippen LogP contribution in [0.2, 0.25) is 0 Å². The van der Waals surface area contributed by atoms with E-state index in [0.29, 0.717) is 11.4 Å². The fraction of sp³-hybridized carbons (Fsp3) is 0.417. The van der Waals surface area contributed by atoms with Crippen molar-refractivity contribution in [3.05, 3.63) is 33.9 Å². The van der Waals surface area contributed by atoms with Crippen molar-refractivity contribution < 1.29 is 9.13 Å². The predicted octanol–water partition coefficient (Wildman–Crippen LogP) is 1.67. The van der Waals surface area contributed by atoms with E-state index in [2.05, 4.69) is 0 Å². The van der Waals surface area contributed by atoms with Crippen LogP contribution in [-0.2, 0) is 10.8 Å². The topological polar surface area (TPSA) is 87.2 Å². The first kappa shape index (κ1) is 15.1. The fourth-order valence-electron chi connectivity index (χ4n) is 1.70. The van der Waals surface area contributed by atoms with Crippen molar-refractivity contribution >= 4 is 22.2 Å². The lowest BCUT2D eigenvalue weighted by Gasteiger charge is -2.26. The zero-order chi connectivity index (χ0) is 14.6. The molecule has 1 aromatic rings. The highest BCUT2D eigenvalue weighted by Gasteiger charge is 2.17. The third-order valence-corrected chi connectivity index (χ3v) is 3.79. The second-order valence-electron chi connectivity index (χ2n) is 4.27. The maximum absolute atomic E-state index is 11.2. The molecular weight excluding hydrogens is 266 g/mol. The predicted molar refractivity (Wildman–Crippen MR) is 74.6 cm³/mol. The zero-order valence-electron chi connectivity index (χ0n) is 11.0. The Balaban J connectivity index is 3.06. The van der Waals surface area contributed by atoms with Crippen LogP contribution in [0.1, 0.15) is 12.5 Å². The Hall–Kier alpha value is -1.94. The number of hydrogen-bond donors (Lipinski definition) is 0. The molecule has 0 amide bonds. The highest BCUT2D eigenvalue weighted by Crippen LogP contribution is 2.24. The van der Waals surface area contributed by atoms with Crippen LogP contribution < -0.4 is 4.90 Å². The van der Waals surface area contributed by atoms with Gasteiger partial charge in [0.2, 0.25) is 0 Å². The summed E-state index contributed by atoms with van der Waals surface area (Å²) in [5.41, 5.74) is 0.519. The minimum absolute atomic E-state index is 0.0128. The van der Waals surface area contributed by atoms with Crippen LogP contribution in [0.25, 0.3) is 0 Å². The molecule has 19 heavy (non-hydrogen) atoms. The van der Waals surface area contributed by atoms with E-state index >= 15 is 0 Å². The maximum Gasteiger partial charge on any atom is 0.287 e. The smallest absolute Gasteiger partial charge is 0.287 e. The molecule has 0 N–H and O–H groups in total. The fourth-order valence-corrected chi connectivity index (χ4v) is 2.60. The lowest BCUT2D eigenvalue weighted by Crippen LogP contribution is -2.33. The molecule has 6 nitrogen and oxygen atoms in total. The highest BCUT2D eigenvalue weighted by atomic mass is 32.2. The van der Waals surface area contributed by atoms with Gasteiger partial charge in [0.15, 0.2) is 0 Å². The summed E-state index contributed by atoms with van der Waals surface area (Å²) in [6.45, 7) is 1.91. The van der Waals surface area contributed by atoms with E-state index in [-0.39, 0.29) is 17.3 Å². The standard InChI is InChI=1S/C12H15N3O3S/c1-9(8-19(3)18)14(2)11-4-5-12(15(16)17)10(6-11)7-13/h4-6,9H,8H2,1-3H3/t9-,19-/m0/s1. The largest absolute Gasteiger partial charge is 0.371 e. The second kappa shape index (κ2) is 6.29. The van der Waals surface area contributed by atoms with E-state index in [4.69, 9.17) is 5.26 Å². The highest BCUT2D eigenvalue weighted by molar-refractivity contribution is 7.84. The number of nitrogens with zero attached hydrogens (tertiary/aromatic N) is 3. The molecule has 0 radical (unpaired) electrons. The van der Waals surface area contributed by atoms with Gasteiger partial charge in [-0.1, -0.05) is 0 Å². The van der Waals surface area contributed by atoms with E-state index in [1.807, 2.05) is 17.9 Å². The van der Waals surface area contributed by atoms with Gasteiger partial charge in [-0.25, -0.2) is 0 Å². The van der Waals surface area contributed by atoms with Crippen molar-refractivity contribution in [3.8, 4) is 6.07 Å². The molecule has 7 heteroatoms. The summed E-state index contributed by atoms with van der Waals surface area (Å²) in [6, 6.07) is 6.23. The molecule has 0 fully saturated rings. The molecule has 0 heterocycles. The van der Waals surface area contributed by atoms with Gasteiger partial charge in [-0.2, -0.15) is 5.26 Å². The first-order valence-electron chi connectivity index (χ1n) is 5.58. The Morgan fingerprint density at radius 1 is 1.58 bits per heavy atom. The van der Waals surface area contributed by atoms with Crippen molar-refractivity contribution in [3.63, 3.8) is 0 Å². The molecule has 1 rings (SSSR count). The first-order chi connectivity index (χ1) is 8.86. The normalized spacial score (nSPS) is 13.4. The number of rotatable bonds is 5. The van der Waals surface area contributed by atoms with Crippen LogP contribution in [0, 0.1) is 21.4 Å². The molecule has 1 aromatic carbocycles. The van der Waals surface area contributed by atoms with Gasteiger partial charge in [-0.05, 0) is 19.1 Å². The molecule has 0 aliphatic heterocycles. The molecule has 0 saturated heterocycles.